The van der Waals surface area contributed by atoms with Gasteiger partial charge in [0, 0.05) is 0 Å². The van der Waals surface area contributed by atoms with Crippen molar-refractivity contribution in [3.63, 3.8) is 0 Å². The summed E-state index contributed by atoms with van der Waals surface area (Å²) in [6, 6.07) is 5.89. The molecule has 1 rings (SSSR count). The summed E-state index contributed by atoms with van der Waals surface area (Å²) in [6.07, 6.45) is 1.50. The Kier molecular flexibility index (Phi) is 3.96. The normalized spacial score (nSPS) is 10.1. The van der Waals surface area contributed by atoms with Gasteiger partial charge in [-0.3, -0.25) is 10.9 Å². The van der Waals surface area contributed by atoms with Crippen molar-refractivity contribution in [3.05, 3.63) is 35.6 Å². The minimum atomic E-state index is -0.283. The molecule has 0 aromatic heterocycles. The van der Waals surface area contributed by atoms with Crippen LogP contribution in [0.15, 0.2) is 29.4 Å². The highest BCUT2D eigenvalue weighted by atomic mass is 32.1. The number of nitrogens with two attached hydrogens (primary N) is 1. The summed E-state index contributed by atoms with van der Waals surface area (Å²) in [5.41, 5.74) is 5.44. The molecule has 0 amide bonds. The molecule has 0 heterocycles. The molecule has 74 valence electrons. The minimum absolute atomic E-state index is 0.211. The van der Waals surface area contributed by atoms with Gasteiger partial charge >= 0.3 is 0 Å². The van der Waals surface area contributed by atoms with E-state index in [0.717, 1.165) is 5.56 Å². The molecular weight excluding hydrogens is 203 g/mol. The van der Waals surface area contributed by atoms with Crippen LogP contribution in [0.25, 0.3) is 0 Å². The van der Waals surface area contributed by atoms with Gasteiger partial charge in [0.25, 0.3) is 0 Å². The summed E-state index contributed by atoms with van der Waals surface area (Å²) in [5.74, 6) is 4.71. The van der Waals surface area contributed by atoms with Crippen molar-refractivity contribution in [2.75, 3.05) is 0 Å². The van der Waals surface area contributed by atoms with Crippen molar-refractivity contribution >= 4 is 23.5 Å². The van der Waals surface area contributed by atoms with Crippen molar-refractivity contribution in [1.29, 1.82) is 0 Å². The summed E-state index contributed by atoms with van der Waals surface area (Å²) in [4.78, 5) is 0. The monoisotopic (exact) mass is 212 g/mol. The Morgan fingerprint density at radius 1 is 1.43 bits per heavy atom. The molecule has 0 unspecified atom stereocenters. The number of thiocarbonyl (C=S) groups is 1. The van der Waals surface area contributed by atoms with Gasteiger partial charge in [-0.1, -0.05) is 12.1 Å². The predicted octanol–water partition coefficient (Wildman–Crippen LogP) is 0.497. The third-order valence-electron chi connectivity index (χ3n) is 1.38. The van der Waals surface area contributed by atoms with Gasteiger partial charge in [0.15, 0.2) is 0 Å². The van der Waals surface area contributed by atoms with Gasteiger partial charge in [0.05, 0.1) is 6.21 Å². The fraction of sp³-hybridized carbons (Fsp3) is 0. The average molecular weight is 212 g/mol. The molecule has 6 heteroatoms. The molecule has 0 radical (unpaired) electrons. The molecule has 0 bridgehead atoms. The van der Waals surface area contributed by atoms with Crippen molar-refractivity contribution in [3.8, 4) is 0 Å². The molecule has 0 spiro atoms. The highest BCUT2D eigenvalue weighted by molar-refractivity contribution is 7.80. The lowest BCUT2D eigenvalue weighted by molar-refractivity contribution is 0.628. The Labute approximate surface area is 86.0 Å². The predicted molar refractivity (Wildman–Crippen MR) is 57.1 cm³/mol. The quantitative estimate of drug-likeness (QED) is 0.289. The first-order valence-corrected chi connectivity index (χ1v) is 4.18. The zero-order valence-electron chi connectivity index (χ0n) is 7.20. The first kappa shape index (κ1) is 10.6. The summed E-state index contributed by atoms with van der Waals surface area (Å²) in [5, 5.41) is 3.97. The lowest BCUT2D eigenvalue weighted by Crippen LogP contribution is -2.37. The number of hydrazine groups is 1. The molecule has 4 N–H and O–H groups in total. The molecule has 0 atom stereocenters. The highest BCUT2D eigenvalue weighted by Gasteiger charge is 1.89. The van der Waals surface area contributed by atoms with Gasteiger partial charge in [-0.15, -0.1) is 0 Å². The molecule has 0 aliphatic carbocycles. The number of nitrogens with one attached hydrogen (secondary N) is 2. The second-order valence-electron chi connectivity index (χ2n) is 2.40. The van der Waals surface area contributed by atoms with Gasteiger partial charge in [0.1, 0.15) is 5.82 Å². The Balaban J connectivity index is 2.52. The van der Waals surface area contributed by atoms with Crippen molar-refractivity contribution in [1.82, 2.24) is 10.9 Å². The van der Waals surface area contributed by atoms with E-state index in [1.54, 1.807) is 12.1 Å². The van der Waals surface area contributed by atoms with Crippen LogP contribution < -0.4 is 16.7 Å². The molecule has 1 aromatic rings. The number of rotatable bonds is 2. The summed E-state index contributed by atoms with van der Waals surface area (Å²) in [7, 11) is 0. The third-order valence-corrected chi connectivity index (χ3v) is 1.59. The van der Waals surface area contributed by atoms with Crippen LogP contribution in [0.3, 0.4) is 0 Å². The van der Waals surface area contributed by atoms with Crippen molar-refractivity contribution < 1.29 is 4.39 Å². The standard InChI is InChI=1S/C8H9FN4S/c9-7-3-1-6(2-4-7)5-11-13-8(14)12-10/h1-5H,10H2,(H2,12,13,14)/b11-5+. The molecule has 0 saturated heterocycles. The van der Waals surface area contributed by atoms with Gasteiger partial charge in [0.2, 0.25) is 5.11 Å². The lowest BCUT2D eigenvalue weighted by Gasteiger charge is -1.98. The van der Waals surface area contributed by atoms with Crippen LogP contribution in [-0.4, -0.2) is 11.3 Å². The summed E-state index contributed by atoms with van der Waals surface area (Å²) in [6.45, 7) is 0. The van der Waals surface area contributed by atoms with Gasteiger partial charge < -0.3 is 0 Å². The van der Waals surface area contributed by atoms with Crippen LogP contribution in [0.1, 0.15) is 5.56 Å². The van der Waals surface area contributed by atoms with E-state index in [0.29, 0.717) is 0 Å². The Morgan fingerprint density at radius 3 is 2.64 bits per heavy atom. The van der Waals surface area contributed by atoms with Gasteiger partial charge in [-0.05, 0) is 29.9 Å². The van der Waals surface area contributed by atoms with E-state index in [1.165, 1.54) is 18.3 Å². The number of hydrogen-bond donors (Lipinski definition) is 3. The fourth-order valence-corrected chi connectivity index (χ4v) is 0.799. The highest BCUT2D eigenvalue weighted by Crippen LogP contribution is 1.99. The first-order valence-electron chi connectivity index (χ1n) is 3.77. The summed E-state index contributed by atoms with van der Waals surface area (Å²) >= 11 is 4.67. The second kappa shape index (κ2) is 5.25. The first-order chi connectivity index (χ1) is 6.72. The maximum Gasteiger partial charge on any atom is 0.201 e. The molecule has 1 aromatic carbocycles. The smallest absolute Gasteiger partial charge is 0.201 e. The van der Waals surface area contributed by atoms with Crippen LogP contribution in [0.4, 0.5) is 4.39 Å². The molecular formula is C8H9FN4S. The Morgan fingerprint density at radius 2 is 2.07 bits per heavy atom. The van der Waals surface area contributed by atoms with E-state index in [4.69, 9.17) is 5.84 Å². The van der Waals surface area contributed by atoms with E-state index in [9.17, 15) is 4.39 Å². The lowest BCUT2D eigenvalue weighted by atomic mass is 10.2. The van der Waals surface area contributed by atoms with E-state index < -0.39 is 0 Å². The zero-order chi connectivity index (χ0) is 10.4. The molecule has 0 aliphatic rings. The van der Waals surface area contributed by atoms with Crippen LogP contribution in [0, 0.1) is 5.82 Å². The average Bonchev–Trinajstić information content (AvgIpc) is 2.21. The minimum Gasteiger partial charge on any atom is -0.300 e. The number of hydrazone groups is 1. The molecule has 4 nitrogen and oxygen atoms in total. The topological polar surface area (TPSA) is 62.4 Å². The largest absolute Gasteiger partial charge is 0.300 e. The van der Waals surface area contributed by atoms with E-state index in [-0.39, 0.29) is 10.9 Å². The molecule has 0 fully saturated rings. The van der Waals surface area contributed by atoms with Gasteiger partial charge in [-0.2, -0.15) is 5.10 Å². The van der Waals surface area contributed by atoms with Crippen LogP contribution >= 0.6 is 12.2 Å². The maximum atomic E-state index is 12.5. The SMILES string of the molecule is NNC(=S)N/N=C/c1ccc(F)cc1. The van der Waals surface area contributed by atoms with E-state index in [1.807, 2.05) is 0 Å². The Bertz CT molecular complexity index is 336. The maximum absolute atomic E-state index is 12.5. The summed E-state index contributed by atoms with van der Waals surface area (Å²) < 4.78 is 12.5. The number of hydrogen-bond acceptors (Lipinski definition) is 3. The number of benzene rings is 1. The molecule has 0 saturated carbocycles. The van der Waals surface area contributed by atoms with Crippen LogP contribution in [-0.2, 0) is 0 Å². The van der Waals surface area contributed by atoms with Crippen LogP contribution in [0.2, 0.25) is 0 Å². The van der Waals surface area contributed by atoms with E-state index in [2.05, 4.69) is 28.2 Å². The van der Waals surface area contributed by atoms with Crippen molar-refractivity contribution in [2.24, 2.45) is 10.9 Å². The third kappa shape index (κ3) is 3.46. The zero-order valence-corrected chi connectivity index (χ0v) is 8.01. The molecule has 0 aliphatic heterocycles. The second-order valence-corrected chi connectivity index (χ2v) is 2.80. The van der Waals surface area contributed by atoms with E-state index >= 15 is 0 Å². The van der Waals surface area contributed by atoms with Crippen LogP contribution in [0.5, 0.6) is 0 Å². The fourth-order valence-electron chi connectivity index (χ4n) is 0.747. The Hall–Kier alpha value is -1.53. The molecule has 14 heavy (non-hydrogen) atoms. The number of nitrogens with zero attached hydrogens (tertiary/aromatic N) is 1. The number of halogens is 1. The van der Waals surface area contributed by atoms with Crippen molar-refractivity contribution in [2.45, 2.75) is 0 Å². The van der Waals surface area contributed by atoms with Gasteiger partial charge in [-0.25, -0.2) is 10.2 Å².